The fourth-order valence-electron chi connectivity index (χ4n) is 1.83. The fraction of sp³-hybridized carbons (Fsp3) is 0.615. The van der Waals surface area contributed by atoms with E-state index in [1.807, 2.05) is 12.1 Å². The van der Waals surface area contributed by atoms with E-state index in [0.29, 0.717) is 12.5 Å². The maximum atomic E-state index is 13.5. The normalized spacial score (nSPS) is 30.9. The third-order valence-electron chi connectivity index (χ3n) is 2.70. The van der Waals surface area contributed by atoms with E-state index in [0.717, 1.165) is 12.1 Å². The van der Waals surface area contributed by atoms with Gasteiger partial charge in [0, 0.05) is 18.7 Å². The van der Waals surface area contributed by atoms with Gasteiger partial charge in [0.25, 0.3) is 0 Å². The zero-order valence-electron chi connectivity index (χ0n) is 10.6. The zero-order valence-corrected chi connectivity index (χ0v) is 10.6. The second kappa shape index (κ2) is 5.83. The smallest absolute Gasteiger partial charge is 0.119 e. The molecule has 0 aromatic rings. The molecule has 0 aliphatic carbocycles. The van der Waals surface area contributed by atoms with Gasteiger partial charge in [0.15, 0.2) is 0 Å². The first-order chi connectivity index (χ1) is 7.54. The van der Waals surface area contributed by atoms with Crippen molar-refractivity contribution in [2.24, 2.45) is 16.9 Å². The number of hydrazone groups is 1. The molecule has 3 heteroatoms. The molecule has 2 nitrogen and oxygen atoms in total. The lowest BCUT2D eigenvalue weighted by Gasteiger charge is -2.20. The van der Waals surface area contributed by atoms with E-state index in [9.17, 15) is 4.39 Å². The van der Waals surface area contributed by atoms with Crippen LogP contribution >= 0.6 is 0 Å². The molecule has 0 bridgehead atoms. The molecule has 0 N–H and O–H groups in total. The van der Waals surface area contributed by atoms with Gasteiger partial charge in [-0.3, -0.25) is 5.01 Å². The molecule has 1 heterocycles. The van der Waals surface area contributed by atoms with Crippen LogP contribution in [0.2, 0.25) is 0 Å². The lowest BCUT2D eigenvalue weighted by atomic mass is 9.91. The molecule has 1 atom stereocenters. The summed E-state index contributed by atoms with van der Waals surface area (Å²) in [7, 11) is 1.92. The third kappa shape index (κ3) is 3.47. The number of rotatable bonds is 2. The first kappa shape index (κ1) is 12.9. The average Bonchev–Trinajstić information content (AvgIpc) is 2.28. The lowest BCUT2D eigenvalue weighted by molar-refractivity contribution is 0.388. The molecule has 0 saturated heterocycles. The van der Waals surface area contributed by atoms with Crippen LogP contribution in [0.3, 0.4) is 0 Å². The molecule has 0 radical (unpaired) electrons. The summed E-state index contributed by atoms with van der Waals surface area (Å²) in [5.74, 6) is 0.287. The lowest BCUT2D eigenvalue weighted by Crippen LogP contribution is -2.23. The molecule has 0 spiro atoms. The maximum absolute atomic E-state index is 13.5. The van der Waals surface area contributed by atoms with Gasteiger partial charge in [-0.25, -0.2) is 4.39 Å². The Morgan fingerprint density at radius 1 is 1.56 bits per heavy atom. The number of nitrogens with zero attached hydrogens (tertiary/aromatic N) is 2. The number of hydrogen-bond acceptors (Lipinski definition) is 2. The fourth-order valence-corrected chi connectivity index (χ4v) is 1.83. The van der Waals surface area contributed by atoms with E-state index < -0.39 is 0 Å². The van der Waals surface area contributed by atoms with E-state index in [2.05, 4.69) is 25.9 Å². The van der Waals surface area contributed by atoms with Gasteiger partial charge in [-0.2, -0.15) is 5.10 Å². The predicted octanol–water partition coefficient (Wildman–Crippen LogP) is 3.38. The first-order valence-corrected chi connectivity index (χ1v) is 5.88. The zero-order chi connectivity index (χ0) is 12.1. The summed E-state index contributed by atoms with van der Waals surface area (Å²) in [6, 6.07) is 0. The second-order valence-electron chi connectivity index (χ2n) is 4.49. The van der Waals surface area contributed by atoms with Gasteiger partial charge in [0.2, 0.25) is 0 Å². The summed E-state index contributed by atoms with van der Waals surface area (Å²) in [6.07, 6.45) is 5.88. The molecule has 0 aromatic heterocycles. The summed E-state index contributed by atoms with van der Waals surface area (Å²) in [6.45, 7) is 6.92. The molecular formula is C13H21FN2. The van der Waals surface area contributed by atoms with E-state index in [1.165, 1.54) is 6.08 Å². The number of halogens is 1. The van der Waals surface area contributed by atoms with Crippen molar-refractivity contribution in [3.63, 3.8) is 0 Å². The van der Waals surface area contributed by atoms with Crippen LogP contribution in [0.15, 0.2) is 29.2 Å². The first-order valence-electron chi connectivity index (χ1n) is 5.88. The molecule has 1 unspecified atom stereocenters. The van der Waals surface area contributed by atoms with Gasteiger partial charge in [-0.15, -0.1) is 0 Å². The van der Waals surface area contributed by atoms with Gasteiger partial charge >= 0.3 is 0 Å². The summed E-state index contributed by atoms with van der Waals surface area (Å²) < 4.78 is 13.5. The Morgan fingerprint density at radius 2 is 2.25 bits per heavy atom. The van der Waals surface area contributed by atoms with Crippen molar-refractivity contribution in [1.29, 1.82) is 0 Å². The highest BCUT2D eigenvalue weighted by molar-refractivity contribution is 5.89. The molecule has 0 amide bonds. The molecule has 0 aromatic carbocycles. The minimum absolute atomic E-state index is 0.102. The van der Waals surface area contributed by atoms with Crippen LogP contribution < -0.4 is 0 Å². The Kier molecular flexibility index (Phi) is 4.71. The van der Waals surface area contributed by atoms with E-state index in [4.69, 9.17) is 0 Å². The Hall–Kier alpha value is -1.12. The summed E-state index contributed by atoms with van der Waals surface area (Å²) >= 11 is 0. The van der Waals surface area contributed by atoms with Crippen molar-refractivity contribution < 1.29 is 4.39 Å². The second-order valence-corrected chi connectivity index (χ2v) is 4.49. The minimum atomic E-state index is -0.157. The summed E-state index contributed by atoms with van der Waals surface area (Å²) in [4.78, 5) is 0. The van der Waals surface area contributed by atoms with Crippen LogP contribution in [0.5, 0.6) is 0 Å². The van der Waals surface area contributed by atoms with Crippen LogP contribution in [0.4, 0.5) is 4.39 Å². The van der Waals surface area contributed by atoms with E-state index in [1.54, 1.807) is 12.2 Å². The minimum Gasteiger partial charge on any atom is -0.296 e. The Labute approximate surface area is 97.5 Å². The van der Waals surface area contributed by atoms with Gasteiger partial charge in [0.05, 0.1) is 6.54 Å². The van der Waals surface area contributed by atoms with Crippen molar-refractivity contribution >= 4 is 5.71 Å². The average molecular weight is 224 g/mol. The summed E-state index contributed by atoms with van der Waals surface area (Å²) in [5, 5.41) is 6.43. The molecule has 16 heavy (non-hydrogen) atoms. The number of likely N-dealkylation sites (N-methyl/N-ethyl adjacent to an activating group) is 1. The van der Waals surface area contributed by atoms with Gasteiger partial charge in [-0.05, 0) is 24.5 Å². The topological polar surface area (TPSA) is 15.6 Å². The Morgan fingerprint density at radius 3 is 2.81 bits per heavy atom. The van der Waals surface area contributed by atoms with Crippen molar-refractivity contribution in [3.8, 4) is 0 Å². The van der Waals surface area contributed by atoms with Crippen molar-refractivity contribution in [1.82, 2.24) is 5.01 Å². The van der Waals surface area contributed by atoms with Gasteiger partial charge in [-0.1, -0.05) is 26.8 Å². The highest BCUT2D eigenvalue weighted by Crippen LogP contribution is 2.19. The molecule has 90 valence electrons. The monoisotopic (exact) mass is 224 g/mol. The molecule has 0 saturated carbocycles. The largest absolute Gasteiger partial charge is 0.296 e. The molecule has 0 fully saturated rings. The van der Waals surface area contributed by atoms with Crippen molar-refractivity contribution in [3.05, 3.63) is 24.1 Å². The van der Waals surface area contributed by atoms with Crippen LogP contribution in [0.25, 0.3) is 0 Å². The predicted molar refractivity (Wildman–Crippen MR) is 67.0 cm³/mol. The summed E-state index contributed by atoms with van der Waals surface area (Å²) in [5.41, 5.74) is 1.06. The standard InChI is InChI=1S/C13H21FN2/c1-5-11-9-12(14)7-6-8-16(4)15-13(11)10(2)3/h6-7,9-11H,5,8H2,1-4H3/b7-6-,12-9+,15-13-. The number of hydrogen-bond donors (Lipinski definition) is 0. The number of allylic oxidation sites excluding steroid dienone is 3. The van der Waals surface area contributed by atoms with E-state index >= 15 is 0 Å². The Bertz CT molecular complexity index is 316. The van der Waals surface area contributed by atoms with Crippen molar-refractivity contribution in [2.45, 2.75) is 27.2 Å². The Balaban J connectivity index is 3.08. The molecule has 1 aliphatic rings. The maximum Gasteiger partial charge on any atom is 0.119 e. The molecular weight excluding hydrogens is 203 g/mol. The van der Waals surface area contributed by atoms with E-state index in [-0.39, 0.29) is 11.7 Å². The highest BCUT2D eigenvalue weighted by Gasteiger charge is 2.17. The van der Waals surface area contributed by atoms with Gasteiger partial charge in [0.1, 0.15) is 5.83 Å². The van der Waals surface area contributed by atoms with Gasteiger partial charge < -0.3 is 0 Å². The quantitative estimate of drug-likeness (QED) is 0.702. The SMILES string of the molecule is CCC1/C=C(F)\C=C/CN(C)/N=C\1C(C)C. The van der Waals surface area contributed by atoms with Crippen LogP contribution in [-0.2, 0) is 0 Å². The highest BCUT2D eigenvalue weighted by atomic mass is 19.1. The van der Waals surface area contributed by atoms with Crippen LogP contribution in [0, 0.1) is 11.8 Å². The van der Waals surface area contributed by atoms with Crippen molar-refractivity contribution in [2.75, 3.05) is 13.6 Å². The molecule has 1 aliphatic heterocycles. The molecule has 1 rings (SSSR count). The van der Waals surface area contributed by atoms with Crippen LogP contribution in [-0.4, -0.2) is 24.3 Å². The van der Waals surface area contributed by atoms with Crippen LogP contribution in [0.1, 0.15) is 27.2 Å². The third-order valence-corrected chi connectivity index (χ3v) is 2.70.